The quantitative estimate of drug-likeness (QED) is 0.586. The van der Waals surface area contributed by atoms with E-state index in [-0.39, 0.29) is 17.7 Å². The van der Waals surface area contributed by atoms with Gasteiger partial charge in [0.25, 0.3) is 5.91 Å². The predicted molar refractivity (Wildman–Crippen MR) is 88.3 cm³/mol. The molecular weight excluding hydrogens is 292 g/mol. The topological polar surface area (TPSA) is 78.4 Å². The monoisotopic (exact) mass is 312 g/mol. The van der Waals surface area contributed by atoms with Crippen LogP contribution in [-0.2, 0) is 4.79 Å². The van der Waals surface area contributed by atoms with Gasteiger partial charge in [-0.25, -0.2) is 5.48 Å². The van der Waals surface area contributed by atoms with Crippen molar-refractivity contribution >= 4 is 17.5 Å². The highest BCUT2D eigenvalue weighted by Crippen LogP contribution is 2.26. The number of benzene rings is 2. The molecule has 0 saturated heterocycles. The molecule has 2 rings (SSSR count). The maximum Gasteiger partial charge on any atom is 0.274 e. The van der Waals surface area contributed by atoms with E-state index in [0.29, 0.717) is 11.3 Å². The van der Waals surface area contributed by atoms with Gasteiger partial charge in [-0.15, -0.1) is 0 Å². The van der Waals surface area contributed by atoms with Crippen molar-refractivity contribution in [3.63, 3.8) is 0 Å². The summed E-state index contributed by atoms with van der Waals surface area (Å²) in [6, 6.07) is 16.0. The number of carbonyl (C=O) groups is 2. The molecule has 0 aliphatic carbocycles. The van der Waals surface area contributed by atoms with Crippen LogP contribution in [0.3, 0.4) is 0 Å². The number of carbonyl (C=O) groups excluding carboxylic acids is 2. The molecule has 5 heteroatoms. The lowest BCUT2D eigenvalue weighted by Gasteiger charge is -2.20. The number of amides is 2. The zero-order valence-corrected chi connectivity index (χ0v) is 13.1. The third kappa shape index (κ3) is 4.17. The average molecular weight is 312 g/mol. The maximum atomic E-state index is 12.6. The van der Waals surface area contributed by atoms with E-state index in [0.717, 1.165) is 5.56 Å². The highest BCUT2D eigenvalue weighted by molar-refractivity contribution is 5.97. The Balaban J connectivity index is 2.14. The van der Waals surface area contributed by atoms with Gasteiger partial charge in [0.05, 0.1) is 5.92 Å². The van der Waals surface area contributed by atoms with E-state index in [2.05, 4.69) is 5.32 Å². The zero-order chi connectivity index (χ0) is 16.8. The Morgan fingerprint density at radius 2 is 1.57 bits per heavy atom. The second kappa shape index (κ2) is 7.56. The molecule has 1 atom stereocenters. The van der Waals surface area contributed by atoms with Gasteiger partial charge in [-0.3, -0.25) is 14.8 Å². The molecule has 0 spiro atoms. The molecule has 0 unspecified atom stereocenters. The van der Waals surface area contributed by atoms with Crippen LogP contribution in [0, 0.1) is 5.92 Å². The van der Waals surface area contributed by atoms with Gasteiger partial charge in [0.15, 0.2) is 0 Å². The Morgan fingerprint density at radius 3 is 2.09 bits per heavy atom. The average Bonchev–Trinajstić information content (AvgIpc) is 2.55. The van der Waals surface area contributed by atoms with Crippen LogP contribution < -0.4 is 10.8 Å². The molecule has 0 saturated carbocycles. The largest absolute Gasteiger partial charge is 0.326 e. The summed E-state index contributed by atoms with van der Waals surface area (Å²) in [5.41, 5.74) is 3.46. The minimum Gasteiger partial charge on any atom is -0.326 e. The molecule has 120 valence electrons. The van der Waals surface area contributed by atoms with Gasteiger partial charge < -0.3 is 5.32 Å². The number of rotatable bonds is 5. The lowest BCUT2D eigenvalue weighted by Crippen LogP contribution is -2.25. The first-order chi connectivity index (χ1) is 11.0. The van der Waals surface area contributed by atoms with Crippen molar-refractivity contribution < 1.29 is 14.8 Å². The first kappa shape index (κ1) is 16.7. The SMILES string of the molecule is CC(C)[C@H](C(=O)Nc1ccc(C(=O)NO)cc1)c1ccccc1. The summed E-state index contributed by atoms with van der Waals surface area (Å²) in [5.74, 6) is -0.786. The van der Waals surface area contributed by atoms with Gasteiger partial charge in [-0.2, -0.15) is 0 Å². The lowest BCUT2D eigenvalue weighted by atomic mass is 9.87. The van der Waals surface area contributed by atoms with Crippen molar-refractivity contribution in [1.82, 2.24) is 5.48 Å². The van der Waals surface area contributed by atoms with Crippen LogP contribution in [0.4, 0.5) is 5.69 Å². The fourth-order valence-corrected chi connectivity index (χ4v) is 2.49. The minimum absolute atomic E-state index is 0.0921. The molecule has 5 nitrogen and oxygen atoms in total. The zero-order valence-electron chi connectivity index (χ0n) is 13.1. The summed E-state index contributed by atoms with van der Waals surface area (Å²) >= 11 is 0. The van der Waals surface area contributed by atoms with Gasteiger partial charge in [0.2, 0.25) is 5.91 Å². The van der Waals surface area contributed by atoms with Crippen molar-refractivity contribution in [2.45, 2.75) is 19.8 Å². The second-order valence-corrected chi connectivity index (χ2v) is 5.64. The van der Waals surface area contributed by atoms with Crippen LogP contribution in [0.2, 0.25) is 0 Å². The number of nitrogens with one attached hydrogen (secondary N) is 2. The van der Waals surface area contributed by atoms with Gasteiger partial charge >= 0.3 is 0 Å². The fourth-order valence-electron chi connectivity index (χ4n) is 2.49. The van der Waals surface area contributed by atoms with E-state index in [9.17, 15) is 9.59 Å². The molecule has 3 N–H and O–H groups in total. The van der Waals surface area contributed by atoms with Gasteiger partial charge in [-0.05, 0) is 35.7 Å². The number of anilines is 1. The molecule has 2 aromatic rings. The first-order valence-electron chi connectivity index (χ1n) is 7.43. The van der Waals surface area contributed by atoms with Gasteiger partial charge in [-0.1, -0.05) is 44.2 Å². The highest BCUT2D eigenvalue weighted by atomic mass is 16.5. The Kier molecular flexibility index (Phi) is 5.49. The molecule has 2 amide bonds. The summed E-state index contributed by atoms with van der Waals surface area (Å²) in [6.45, 7) is 4.01. The van der Waals surface area contributed by atoms with E-state index < -0.39 is 5.91 Å². The summed E-state index contributed by atoms with van der Waals surface area (Å²) < 4.78 is 0. The predicted octanol–water partition coefficient (Wildman–Crippen LogP) is 3.18. The molecule has 0 fully saturated rings. The summed E-state index contributed by atoms with van der Waals surface area (Å²) in [4.78, 5) is 23.9. The van der Waals surface area contributed by atoms with Crippen LogP contribution in [-0.4, -0.2) is 17.0 Å². The molecule has 2 aromatic carbocycles. The third-order valence-corrected chi connectivity index (χ3v) is 3.62. The normalized spacial score (nSPS) is 11.8. The Bertz CT molecular complexity index is 666. The lowest BCUT2D eigenvalue weighted by molar-refractivity contribution is -0.118. The maximum absolute atomic E-state index is 12.6. The summed E-state index contributed by atoms with van der Waals surface area (Å²) in [5, 5.41) is 11.5. The van der Waals surface area contributed by atoms with Crippen LogP contribution in [0.5, 0.6) is 0 Å². The van der Waals surface area contributed by atoms with Gasteiger partial charge in [0, 0.05) is 11.3 Å². The molecule has 0 bridgehead atoms. The van der Waals surface area contributed by atoms with E-state index in [4.69, 9.17) is 5.21 Å². The molecular formula is C18H20N2O3. The summed E-state index contributed by atoms with van der Waals surface area (Å²) in [7, 11) is 0. The Morgan fingerprint density at radius 1 is 0.957 bits per heavy atom. The highest BCUT2D eigenvalue weighted by Gasteiger charge is 2.24. The van der Waals surface area contributed by atoms with Crippen molar-refractivity contribution in [2.75, 3.05) is 5.32 Å². The molecule has 0 aliphatic heterocycles. The van der Waals surface area contributed by atoms with E-state index >= 15 is 0 Å². The number of hydrogen-bond acceptors (Lipinski definition) is 3. The molecule has 23 heavy (non-hydrogen) atoms. The Hall–Kier alpha value is -2.66. The van der Waals surface area contributed by atoms with E-state index in [1.165, 1.54) is 12.1 Å². The van der Waals surface area contributed by atoms with E-state index in [1.807, 2.05) is 44.2 Å². The standard InChI is InChI=1S/C18H20N2O3/c1-12(2)16(13-6-4-3-5-7-13)18(22)19-15-10-8-14(9-11-15)17(21)20-23/h3-12,16,23H,1-2H3,(H,19,22)(H,20,21)/t16-/m0/s1. The van der Waals surface area contributed by atoms with Crippen LogP contribution in [0.25, 0.3) is 0 Å². The smallest absolute Gasteiger partial charge is 0.274 e. The molecule has 0 aromatic heterocycles. The summed E-state index contributed by atoms with van der Waals surface area (Å²) in [6.07, 6.45) is 0. The first-order valence-corrected chi connectivity index (χ1v) is 7.43. The Labute approximate surface area is 135 Å². The third-order valence-electron chi connectivity index (χ3n) is 3.62. The molecule has 0 heterocycles. The fraction of sp³-hybridized carbons (Fsp3) is 0.222. The van der Waals surface area contributed by atoms with Crippen LogP contribution in [0.15, 0.2) is 54.6 Å². The van der Waals surface area contributed by atoms with Crippen molar-refractivity contribution in [3.8, 4) is 0 Å². The molecule has 0 radical (unpaired) electrons. The number of hydrogen-bond donors (Lipinski definition) is 3. The second-order valence-electron chi connectivity index (χ2n) is 5.64. The van der Waals surface area contributed by atoms with Crippen LogP contribution in [0.1, 0.15) is 35.7 Å². The molecule has 0 aliphatic rings. The van der Waals surface area contributed by atoms with Gasteiger partial charge in [0.1, 0.15) is 0 Å². The number of hydroxylamine groups is 1. The van der Waals surface area contributed by atoms with Crippen LogP contribution >= 0.6 is 0 Å². The van der Waals surface area contributed by atoms with Crippen molar-refractivity contribution in [3.05, 3.63) is 65.7 Å². The van der Waals surface area contributed by atoms with Crippen molar-refractivity contribution in [1.29, 1.82) is 0 Å². The van der Waals surface area contributed by atoms with E-state index in [1.54, 1.807) is 17.6 Å². The van der Waals surface area contributed by atoms with Crippen molar-refractivity contribution in [2.24, 2.45) is 5.92 Å². The minimum atomic E-state index is -0.591.